The summed E-state index contributed by atoms with van der Waals surface area (Å²) < 4.78 is 28.5. The highest BCUT2D eigenvalue weighted by atomic mass is 35.5. The quantitative estimate of drug-likeness (QED) is 0.750. The first-order chi connectivity index (χ1) is 13.8. The molecule has 2 heterocycles. The molecule has 1 amide bonds. The Balaban J connectivity index is 1.61. The summed E-state index contributed by atoms with van der Waals surface area (Å²) in [5.41, 5.74) is 0.752. The van der Waals surface area contributed by atoms with E-state index in [9.17, 15) is 13.2 Å². The van der Waals surface area contributed by atoms with Gasteiger partial charge in [0.05, 0.1) is 29.6 Å². The van der Waals surface area contributed by atoms with Gasteiger partial charge in [-0.15, -0.1) is 0 Å². The Morgan fingerprint density at radius 2 is 1.97 bits per heavy atom. The molecule has 3 rings (SSSR count). The van der Waals surface area contributed by atoms with E-state index in [1.807, 2.05) is 6.92 Å². The van der Waals surface area contributed by atoms with Crippen LogP contribution in [-0.2, 0) is 21.4 Å². The number of piperidine rings is 1. The zero-order chi connectivity index (χ0) is 21.0. The van der Waals surface area contributed by atoms with E-state index in [-0.39, 0.29) is 29.8 Å². The van der Waals surface area contributed by atoms with E-state index in [1.165, 1.54) is 16.4 Å². The van der Waals surface area contributed by atoms with Gasteiger partial charge in [-0.2, -0.15) is 14.7 Å². The normalized spacial score (nSPS) is 15.8. The predicted molar refractivity (Wildman–Crippen MR) is 109 cm³/mol. The van der Waals surface area contributed by atoms with Crippen molar-refractivity contribution in [1.29, 1.82) is 5.26 Å². The van der Waals surface area contributed by atoms with Crippen molar-refractivity contribution < 1.29 is 13.2 Å². The van der Waals surface area contributed by atoms with Crippen LogP contribution in [0.2, 0.25) is 5.02 Å². The first-order valence-electron chi connectivity index (χ1n) is 9.29. The number of nitrogens with one attached hydrogen (secondary N) is 1. The minimum Gasteiger partial charge on any atom is -0.311 e. The molecule has 0 radical (unpaired) electrons. The Hall–Kier alpha value is -2.41. The summed E-state index contributed by atoms with van der Waals surface area (Å²) in [6, 6.07) is 9.89. The molecule has 8 nitrogen and oxygen atoms in total. The van der Waals surface area contributed by atoms with Crippen LogP contribution in [0.25, 0.3) is 0 Å². The molecule has 10 heteroatoms. The number of halogens is 1. The molecule has 1 aliphatic rings. The third kappa shape index (κ3) is 4.96. The lowest BCUT2D eigenvalue weighted by molar-refractivity contribution is -0.121. The second kappa shape index (κ2) is 8.95. The van der Waals surface area contributed by atoms with E-state index in [0.717, 1.165) is 5.69 Å². The number of hydrogen-bond acceptors (Lipinski definition) is 5. The summed E-state index contributed by atoms with van der Waals surface area (Å²) in [7, 11) is -3.60. The highest BCUT2D eigenvalue weighted by Gasteiger charge is 2.32. The Labute approximate surface area is 175 Å². The molecule has 0 bridgehead atoms. The van der Waals surface area contributed by atoms with Crippen LogP contribution in [0.4, 0.5) is 5.82 Å². The van der Waals surface area contributed by atoms with Gasteiger partial charge in [0, 0.05) is 30.1 Å². The van der Waals surface area contributed by atoms with Crippen molar-refractivity contribution in [3.63, 3.8) is 0 Å². The van der Waals surface area contributed by atoms with Gasteiger partial charge in [-0.3, -0.25) is 4.79 Å². The lowest BCUT2D eigenvalue weighted by Gasteiger charge is -2.30. The van der Waals surface area contributed by atoms with Crippen LogP contribution in [0.15, 0.2) is 35.2 Å². The van der Waals surface area contributed by atoms with Crippen molar-refractivity contribution in [2.75, 3.05) is 18.4 Å². The fourth-order valence-electron chi connectivity index (χ4n) is 3.31. The molecular weight excluding hydrogens is 414 g/mol. The highest BCUT2D eigenvalue weighted by molar-refractivity contribution is 7.89. The minimum absolute atomic E-state index is 0.161. The third-order valence-corrected chi connectivity index (χ3v) is 7.03. The van der Waals surface area contributed by atoms with Gasteiger partial charge in [0.25, 0.3) is 0 Å². The van der Waals surface area contributed by atoms with Gasteiger partial charge in [0.1, 0.15) is 5.82 Å². The zero-order valence-electron chi connectivity index (χ0n) is 16.0. The van der Waals surface area contributed by atoms with E-state index in [1.54, 1.807) is 22.9 Å². The predicted octanol–water partition coefficient (Wildman–Crippen LogP) is 2.80. The topological polar surface area (TPSA) is 108 Å². The van der Waals surface area contributed by atoms with Crippen LogP contribution in [0.5, 0.6) is 0 Å². The number of aromatic nitrogens is 2. The molecule has 0 aliphatic carbocycles. The number of nitriles is 1. The first-order valence-corrected chi connectivity index (χ1v) is 11.1. The lowest BCUT2D eigenvalue weighted by Crippen LogP contribution is -2.41. The van der Waals surface area contributed by atoms with Crippen molar-refractivity contribution in [1.82, 2.24) is 14.1 Å². The van der Waals surface area contributed by atoms with Gasteiger partial charge in [0.2, 0.25) is 15.9 Å². The Bertz CT molecular complexity index is 1020. The van der Waals surface area contributed by atoms with Gasteiger partial charge in [-0.25, -0.2) is 13.1 Å². The number of carbonyl (C=O) groups excluding carboxylic acids is 1. The monoisotopic (exact) mass is 435 g/mol. The molecule has 2 aromatic rings. The van der Waals surface area contributed by atoms with Crippen LogP contribution < -0.4 is 5.32 Å². The molecule has 1 N–H and O–H groups in total. The number of amides is 1. The zero-order valence-corrected chi connectivity index (χ0v) is 17.6. The van der Waals surface area contributed by atoms with Crippen LogP contribution in [-0.4, -0.2) is 41.5 Å². The van der Waals surface area contributed by atoms with Gasteiger partial charge < -0.3 is 5.32 Å². The Kier molecular flexibility index (Phi) is 6.57. The van der Waals surface area contributed by atoms with E-state index >= 15 is 0 Å². The average Bonchev–Trinajstić information content (AvgIpc) is 3.05. The number of anilines is 1. The molecule has 1 aliphatic heterocycles. The molecule has 29 heavy (non-hydrogen) atoms. The van der Waals surface area contributed by atoms with Crippen molar-refractivity contribution in [3.8, 4) is 6.07 Å². The van der Waals surface area contributed by atoms with Crippen molar-refractivity contribution >= 4 is 33.3 Å². The fraction of sp³-hybridized carbons (Fsp3) is 0.421. The molecule has 1 saturated heterocycles. The summed E-state index contributed by atoms with van der Waals surface area (Å²) in [6.07, 6.45) is 1.17. The SMILES string of the molecule is Cc1cc(NC(=O)C2CCN(S(=O)(=O)c3ccc(Cl)cc3)CC2)n(CCC#N)n1. The van der Waals surface area contributed by atoms with E-state index in [0.29, 0.717) is 36.6 Å². The molecule has 0 atom stereocenters. The molecule has 154 valence electrons. The maximum atomic E-state index is 12.8. The largest absolute Gasteiger partial charge is 0.311 e. The summed E-state index contributed by atoms with van der Waals surface area (Å²) in [5.74, 6) is 0.108. The summed E-state index contributed by atoms with van der Waals surface area (Å²) in [6.45, 7) is 2.77. The van der Waals surface area contributed by atoms with Crippen molar-refractivity contribution in [2.45, 2.75) is 37.6 Å². The lowest BCUT2D eigenvalue weighted by atomic mass is 9.97. The van der Waals surface area contributed by atoms with E-state index < -0.39 is 10.0 Å². The summed E-state index contributed by atoms with van der Waals surface area (Å²) in [4.78, 5) is 12.9. The first kappa shape index (κ1) is 21.3. The Morgan fingerprint density at radius 3 is 2.59 bits per heavy atom. The third-order valence-electron chi connectivity index (χ3n) is 4.86. The van der Waals surface area contributed by atoms with Crippen LogP contribution in [0, 0.1) is 24.2 Å². The second-order valence-corrected chi connectivity index (χ2v) is 9.30. The number of benzene rings is 1. The average molecular weight is 436 g/mol. The van der Waals surface area contributed by atoms with E-state index in [2.05, 4.69) is 16.5 Å². The van der Waals surface area contributed by atoms with Gasteiger partial charge in [-0.05, 0) is 44.0 Å². The van der Waals surface area contributed by atoms with Crippen LogP contribution in [0.1, 0.15) is 25.0 Å². The standard InChI is InChI=1S/C19H22ClN5O3S/c1-14-13-18(25(23-14)10-2-9-21)22-19(26)15-7-11-24(12-8-15)29(27,28)17-5-3-16(20)4-6-17/h3-6,13,15H,2,7-8,10-12H2,1H3,(H,22,26). The van der Waals surface area contributed by atoms with Crippen LogP contribution in [0.3, 0.4) is 0 Å². The second-order valence-electron chi connectivity index (χ2n) is 6.92. The van der Waals surface area contributed by atoms with Crippen molar-refractivity contribution in [3.05, 3.63) is 41.0 Å². The molecule has 1 aromatic carbocycles. The number of carbonyl (C=O) groups is 1. The highest BCUT2D eigenvalue weighted by Crippen LogP contribution is 2.26. The number of rotatable bonds is 6. The number of sulfonamides is 1. The summed E-state index contributed by atoms with van der Waals surface area (Å²) in [5, 5.41) is 16.4. The molecule has 1 fully saturated rings. The number of hydrogen-bond donors (Lipinski definition) is 1. The fourth-order valence-corrected chi connectivity index (χ4v) is 4.91. The molecule has 0 spiro atoms. The molecule has 1 aromatic heterocycles. The van der Waals surface area contributed by atoms with Crippen LogP contribution >= 0.6 is 11.6 Å². The maximum absolute atomic E-state index is 12.8. The smallest absolute Gasteiger partial charge is 0.243 e. The van der Waals surface area contributed by atoms with Crippen molar-refractivity contribution in [2.24, 2.45) is 5.92 Å². The van der Waals surface area contributed by atoms with Gasteiger partial charge >= 0.3 is 0 Å². The van der Waals surface area contributed by atoms with Gasteiger partial charge in [0.15, 0.2) is 0 Å². The molecule has 0 saturated carbocycles. The number of nitrogens with zero attached hydrogens (tertiary/aromatic N) is 4. The van der Waals surface area contributed by atoms with Gasteiger partial charge in [-0.1, -0.05) is 11.6 Å². The molecular formula is C19H22ClN5O3S. The minimum atomic E-state index is -3.60. The molecule has 0 unspecified atom stereocenters. The van der Waals surface area contributed by atoms with E-state index in [4.69, 9.17) is 16.9 Å². The Morgan fingerprint density at radius 1 is 1.31 bits per heavy atom. The number of aryl methyl sites for hydroxylation is 2. The maximum Gasteiger partial charge on any atom is 0.243 e. The summed E-state index contributed by atoms with van der Waals surface area (Å²) >= 11 is 5.83.